The van der Waals surface area contributed by atoms with Crippen LogP contribution in [0.25, 0.3) is 16.8 Å². The van der Waals surface area contributed by atoms with Crippen molar-refractivity contribution >= 4 is 16.8 Å². The molecule has 1 atom stereocenters. The highest BCUT2D eigenvalue weighted by atomic mass is 16.3. The van der Waals surface area contributed by atoms with Crippen molar-refractivity contribution in [3.8, 4) is 5.75 Å². The zero-order valence-electron chi connectivity index (χ0n) is 20.7. The molecule has 4 nitrogen and oxygen atoms in total. The molecular weight excluding hydrogens is 430 g/mol. The fraction of sp³-hybridized carbons (Fsp3) is 0.323. The first-order chi connectivity index (χ1) is 17.1. The number of nitrogens with zero attached hydrogens (tertiary/aromatic N) is 3. The Kier molecular flexibility index (Phi) is 5.69. The predicted molar refractivity (Wildman–Crippen MR) is 142 cm³/mol. The number of pyridine rings is 1. The number of rotatable bonds is 4. The molecule has 4 aromatic rings. The van der Waals surface area contributed by atoms with Crippen molar-refractivity contribution in [2.24, 2.45) is 0 Å². The molecule has 0 spiro atoms. The highest BCUT2D eigenvalue weighted by molar-refractivity contribution is 6.00. The predicted octanol–water partition coefficient (Wildman–Crippen LogP) is 6.63. The minimum atomic E-state index is 0.340. The van der Waals surface area contributed by atoms with Gasteiger partial charge in [-0.05, 0) is 116 Å². The van der Waals surface area contributed by atoms with Gasteiger partial charge in [0.1, 0.15) is 11.4 Å². The summed E-state index contributed by atoms with van der Waals surface area (Å²) in [5.74, 6) is 0.340. The van der Waals surface area contributed by atoms with E-state index in [1.807, 2.05) is 12.1 Å². The number of benzene rings is 2. The van der Waals surface area contributed by atoms with Crippen LogP contribution in [0.4, 0.5) is 0 Å². The smallest absolute Gasteiger partial charge is 0.137 e. The van der Waals surface area contributed by atoms with Crippen molar-refractivity contribution in [3.05, 3.63) is 101 Å². The van der Waals surface area contributed by atoms with Crippen LogP contribution < -0.4 is 0 Å². The van der Waals surface area contributed by atoms with Gasteiger partial charge in [0.05, 0.1) is 5.69 Å². The number of imidazole rings is 1. The number of hydrogen-bond donors (Lipinski definition) is 1. The van der Waals surface area contributed by atoms with E-state index < -0.39 is 0 Å². The van der Waals surface area contributed by atoms with Crippen molar-refractivity contribution in [1.29, 1.82) is 0 Å². The molecule has 2 aromatic heterocycles. The van der Waals surface area contributed by atoms with Crippen molar-refractivity contribution in [2.75, 3.05) is 6.54 Å². The molecule has 1 N–H and O–H groups in total. The molecule has 2 aliphatic rings. The topological polar surface area (TPSA) is 40.8 Å². The van der Waals surface area contributed by atoms with Gasteiger partial charge in [0.2, 0.25) is 0 Å². The largest absolute Gasteiger partial charge is 0.508 e. The van der Waals surface area contributed by atoms with E-state index in [4.69, 9.17) is 4.98 Å². The van der Waals surface area contributed by atoms with Crippen LogP contribution in [0.1, 0.15) is 66.1 Å². The SMILES string of the molecule is Cc1ccccc1C1=C(c2ccn3cc(CN4CCC[C@@H]4C)nc3c2)c2ccc(O)cc2CCC1. The number of phenolic OH excluding ortho intramolecular Hbond substituents is 1. The van der Waals surface area contributed by atoms with Crippen LogP contribution in [-0.4, -0.2) is 32.0 Å². The second kappa shape index (κ2) is 9.01. The number of fused-ring (bicyclic) bond motifs is 2. The van der Waals surface area contributed by atoms with Gasteiger partial charge in [0.25, 0.3) is 0 Å². The Morgan fingerprint density at radius 2 is 1.89 bits per heavy atom. The van der Waals surface area contributed by atoms with E-state index in [-0.39, 0.29) is 0 Å². The van der Waals surface area contributed by atoms with Crippen LogP contribution >= 0.6 is 0 Å². The van der Waals surface area contributed by atoms with Crippen LogP contribution in [0, 0.1) is 6.92 Å². The Hall–Kier alpha value is -3.37. The molecule has 4 heteroatoms. The Labute approximate surface area is 207 Å². The minimum absolute atomic E-state index is 0.340. The molecule has 0 amide bonds. The summed E-state index contributed by atoms with van der Waals surface area (Å²) in [6.45, 7) is 6.60. The summed E-state index contributed by atoms with van der Waals surface area (Å²) >= 11 is 0. The van der Waals surface area contributed by atoms with E-state index in [0.29, 0.717) is 11.8 Å². The maximum Gasteiger partial charge on any atom is 0.137 e. The lowest BCUT2D eigenvalue weighted by Gasteiger charge is -2.19. The molecule has 1 fully saturated rings. The monoisotopic (exact) mass is 463 g/mol. The van der Waals surface area contributed by atoms with Gasteiger partial charge in [0, 0.05) is 25.0 Å². The highest BCUT2D eigenvalue weighted by Crippen LogP contribution is 2.41. The average molecular weight is 464 g/mol. The molecule has 35 heavy (non-hydrogen) atoms. The number of aryl methyl sites for hydroxylation is 2. The van der Waals surface area contributed by atoms with Crippen LogP contribution in [0.5, 0.6) is 5.75 Å². The summed E-state index contributed by atoms with van der Waals surface area (Å²) in [7, 11) is 0. The minimum Gasteiger partial charge on any atom is -0.508 e. The summed E-state index contributed by atoms with van der Waals surface area (Å²) in [6.07, 6.45) is 9.93. The van der Waals surface area contributed by atoms with Gasteiger partial charge in [-0.25, -0.2) is 4.98 Å². The first-order valence-corrected chi connectivity index (χ1v) is 12.9. The van der Waals surface area contributed by atoms with Crippen LogP contribution in [0.3, 0.4) is 0 Å². The molecule has 3 heterocycles. The fourth-order valence-corrected chi connectivity index (χ4v) is 5.99. The molecule has 2 aromatic carbocycles. The molecule has 0 radical (unpaired) electrons. The lowest BCUT2D eigenvalue weighted by molar-refractivity contribution is 0.258. The van der Waals surface area contributed by atoms with E-state index in [2.05, 4.69) is 78.0 Å². The van der Waals surface area contributed by atoms with Gasteiger partial charge in [-0.1, -0.05) is 30.3 Å². The second-order valence-corrected chi connectivity index (χ2v) is 10.2. The molecule has 6 rings (SSSR count). The van der Waals surface area contributed by atoms with Crippen molar-refractivity contribution in [3.63, 3.8) is 0 Å². The third-order valence-electron chi connectivity index (χ3n) is 7.86. The molecule has 0 saturated carbocycles. The standard InChI is InChI=1S/C31H33N3O/c1-21-7-3-4-10-27(21)29-11-5-9-23-17-26(35)12-13-28(23)31(29)24-14-16-34-20-25(32-30(34)18-24)19-33-15-6-8-22(33)2/h3-4,7,10,12-14,16-18,20,22,35H,5-6,8-9,11,15,19H2,1-2H3/t22-/m0/s1. The van der Waals surface area contributed by atoms with E-state index >= 15 is 0 Å². The third-order valence-corrected chi connectivity index (χ3v) is 7.86. The summed E-state index contributed by atoms with van der Waals surface area (Å²) in [5.41, 5.74) is 11.0. The summed E-state index contributed by atoms with van der Waals surface area (Å²) in [4.78, 5) is 7.57. The lowest BCUT2D eigenvalue weighted by Crippen LogP contribution is -2.26. The van der Waals surface area contributed by atoms with Gasteiger partial charge in [-0.2, -0.15) is 0 Å². The maximum absolute atomic E-state index is 10.2. The number of aromatic nitrogens is 2. The number of hydrogen-bond acceptors (Lipinski definition) is 3. The molecular formula is C31H33N3O. The Morgan fingerprint density at radius 3 is 2.71 bits per heavy atom. The van der Waals surface area contributed by atoms with Crippen molar-refractivity contribution < 1.29 is 5.11 Å². The molecule has 1 aliphatic heterocycles. The Bertz CT molecular complexity index is 1430. The summed E-state index contributed by atoms with van der Waals surface area (Å²) < 4.78 is 2.15. The van der Waals surface area contributed by atoms with E-state index in [1.54, 1.807) is 0 Å². The first-order valence-electron chi connectivity index (χ1n) is 12.9. The quantitative estimate of drug-likeness (QED) is 0.369. The maximum atomic E-state index is 10.2. The number of likely N-dealkylation sites (tertiary alicyclic amines) is 1. The third kappa shape index (κ3) is 4.17. The first kappa shape index (κ1) is 22.1. The van der Waals surface area contributed by atoms with E-state index in [1.165, 1.54) is 51.8 Å². The zero-order chi connectivity index (χ0) is 23.9. The molecule has 178 valence electrons. The van der Waals surface area contributed by atoms with Gasteiger partial charge >= 0.3 is 0 Å². The van der Waals surface area contributed by atoms with Crippen molar-refractivity contribution in [2.45, 2.75) is 58.5 Å². The fourth-order valence-electron chi connectivity index (χ4n) is 5.99. The van der Waals surface area contributed by atoms with Gasteiger partial charge in [0.15, 0.2) is 0 Å². The Balaban J connectivity index is 1.50. The van der Waals surface area contributed by atoms with Gasteiger partial charge < -0.3 is 9.51 Å². The van der Waals surface area contributed by atoms with E-state index in [0.717, 1.165) is 43.7 Å². The van der Waals surface area contributed by atoms with Crippen LogP contribution in [-0.2, 0) is 13.0 Å². The molecule has 0 bridgehead atoms. The van der Waals surface area contributed by atoms with Crippen molar-refractivity contribution in [1.82, 2.24) is 14.3 Å². The van der Waals surface area contributed by atoms with Gasteiger partial charge in [-0.15, -0.1) is 0 Å². The second-order valence-electron chi connectivity index (χ2n) is 10.2. The van der Waals surface area contributed by atoms with E-state index in [9.17, 15) is 5.11 Å². The molecule has 0 unspecified atom stereocenters. The summed E-state index contributed by atoms with van der Waals surface area (Å²) in [5, 5.41) is 10.2. The molecule has 1 saturated heterocycles. The normalized spacial score (nSPS) is 18.7. The zero-order valence-corrected chi connectivity index (χ0v) is 20.7. The lowest BCUT2D eigenvalue weighted by atomic mass is 9.87. The van der Waals surface area contributed by atoms with Crippen LogP contribution in [0.15, 0.2) is 67.0 Å². The number of phenols is 1. The number of aromatic hydroxyl groups is 1. The van der Waals surface area contributed by atoms with Crippen LogP contribution in [0.2, 0.25) is 0 Å². The number of allylic oxidation sites excluding steroid dienone is 1. The molecule has 1 aliphatic carbocycles. The summed E-state index contributed by atoms with van der Waals surface area (Å²) in [6, 6.07) is 19.7. The average Bonchev–Trinajstić information content (AvgIpc) is 3.39. The Morgan fingerprint density at radius 1 is 1.00 bits per heavy atom. The van der Waals surface area contributed by atoms with Gasteiger partial charge in [-0.3, -0.25) is 4.90 Å². The highest BCUT2D eigenvalue weighted by Gasteiger charge is 2.23.